The zero-order chi connectivity index (χ0) is 19.1. The van der Waals surface area contributed by atoms with Gasteiger partial charge in [0.25, 0.3) is 0 Å². The van der Waals surface area contributed by atoms with Crippen molar-refractivity contribution in [3.8, 4) is 11.4 Å². The van der Waals surface area contributed by atoms with Gasteiger partial charge in [-0.15, -0.1) is 11.3 Å². The Hall–Kier alpha value is -2.42. The Balaban J connectivity index is 1.45. The summed E-state index contributed by atoms with van der Waals surface area (Å²) in [6.45, 7) is 1.71. The van der Waals surface area contributed by atoms with Crippen molar-refractivity contribution in [1.29, 1.82) is 0 Å². The van der Waals surface area contributed by atoms with Gasteiger partial charge in [0.15, 0.2) is 10.6 Å². The summed E-state index contributed by atoms with van der Waals surface area (Å²) in [4.78, 5) is 11.4. The summed E-state index contributed by atoms with van der Waals surface area (Å²) in [6.07, 6.45) is 5.84. The third-order valence-corrected chi connectivity index (χ3v) is 6.88. The fraction of sp³-hybridized carbons (Fsp3) is 0.300. The summed E-state index contributed by atoms with van der Waals surface area (Å²) in [5.74, 6) is 0.864. The van der Waals surface area contributed by atoms with Crippen LogP contribution >= 0.6 is 23.6 Å². The molecule has 3 aromatic heterocycles. The number of benzene rings is 1. The van der Waals surface area contributed by atoms with E-state index in [2.05, 4.69) is 28.1 Å². The summed E-state index contributed by atoms with van der Waals surface area (Å²) in [6, 6.07) is 12.6. The van der Waals surface area contributed by atoms with Crippen LogP contribution in [-0.4, -0.2) is 35.8 Å². The first-order valence-corrected chi connectivity index (χ1v) is 10.6. The first-order chi connectivity index (χ1) is 13.7. The maximum Gasteiger partial charge on any atom is 0.199 e. The maximum atomic E-state index is 5.66. The van der Waals surface area contributed by atoms with E-state index >= 15 is 0 Å². The maximum absolute atomic E-state index is 5.66. The summed E-state index contributed by atoms with van der Waals surface area (Å²) >= 11 is 7.46. The SMILES string of the molecule is Cn1c(-c2ccncc2)nn(CN2CCC[C@@H]2c2nc3ccccc3s2)c1=S. The zero-order valence-corrected chi connectivity index (χ0v) is 17.2. The van der Waals surface area contributed by atoms with E-state index in [-0.39, 0.29) is 0 Å². The Kier molecular flexibility index (Phi) is 4.54. The number of fused-ring (bicyclic) bond motifs is 1. The molecule has 1 saturated heterocycles. The lowest BCUT2D eigenvalue weighted by atomic mass is 10.2. The molecule has 1 atom stereocenters. The fourth-order valence-electron chi connectivity index (χ4n) is 3.81. The average molecular weight is 409 g/mol. The monoisotopic (exact) mass is 408 g/mol. The smallest absolute Gasteiger partial charge is 0.199 e. The second-order valence-corrected chi connectivity index (χ2v) is 8.46. The van der Waals surface area contributed by atoms with Crippen LogP contribution in [0.5, 0.6) is 0 Å². The lowest BCUT2D eigenvalue weighted by Gasteiger charge is -2.22. The molecule has 0 radical (unpaired) electrons. The van der Waals surface area contributed by atoms with Gasteiger partial charge in [0.2, 0.25) is 0 Å². The van der Waals surface area contributed by atoms with Gasteiger partial charge in [-0.3, -0.25) is 9.88 Å². The van der Waals surface area contributed by atoms with Gasteiger partial charge in [-0.1, -0.05) is 12.1 Å². The van der Waals surface area contributed by atoms with Crippen LogP contribution in [0.15, 0.2) is 48.8 Å². The normalized spacial score (nSPS) is 17.5. The van der Waals surface area contributed by atoms with Crippen molar-refractivity contribution in [2.24, 2.45) is 7.05 Å². The number of pyridine rings is 1. The average Bonchev–Trinajstić information content (AvgIpc) is 3.42. The minimum absolute atomic E-state index is 0.325. The topological polar surface area (TPSA) is 51.8 Å². The van der Waals surface area contributed by atoms with Crippen molar-refractivity contribution >= 4 is 33.8 Å². The standard InChI is InChI=1S/C20H20N6S2/c1-24-18(14-8-10-21-11-9-14)23-26(20(24)27)13-25-12-4-6-16(25)19-22-15-5-2-3-7-17(15)28-19/h2-3,5,7-11,16H,4,6,12-13H2,1H3/t16-/m1/s1. The third kappa shape index (κ3) is 3.07. The van der Waals surface area contributed by atoms with Gasteiger partial charge in [-0.2, -0.15) is 5.10 Å². The Morgan fingerprint density at radius 1 is 1.18 bits per heavy atom. The molecular weight excluding hydrogens is 388 g/mol. The van der Waals surface area contributed by atoms with Gasteiger partial charge in [0, 0.05) is 31.5 Å². The summed E-state index contributed by atoms with van der Waals surface area (Å²) in [5.41, 5.74) is 2.11. The van der Waals surface area contributed by atoms with Crippen LogP contribution in [0.3, 0.4) is 0 Å². The van der Waals surface area contributed by atoms with Gasteiger partial charge >= 0.3 is 0 Å². The first-order valence-electron chi connectivity index (χ1n) is 9.34. The van der Waals surface area contributed by atoms with Crippen molar-refractivity contribution in [1.82, 2.24) is 29.2 Å². The van der Waals surface area contributed by atoms with Gasteiger partial charge < -0.3 is 4.57 Å². The third-order valence-electron chi connectivity index (χ3n) is 5.25. The number of para-hydroxylation sites is 1. The second kappa shape index (κ2) is 7.20. The van der Waals surface area contributed by atoms with Crippen LogP contribution in [0.2, 0.25) is 0 Å². The Morgan fingerprint density at radius 3 is 2.82 bits per heavy atom. The number of likely N-dealkylation sites (tertiary alicyclic amines) is 1. The number of hydrogen-bond donors (Lipinski definition) is 0. The van der Waals surface area contributed by atoms with Gasteiger partial charge in [-0.05, 0) is 49.3 Å². The molecule has 28 heavy (non-hydrogen) atoms. The minimum Gasteiger partial charge on any atom is -0.303 e. The number of rotatable bonds is 4. The lowest BCUT2D eigenvalue weighted by molar-refractivity contribution is 0.190. The molecule has 5 rings (SSSR count). The highest BCUT2D eigenvalue weighted by Gasteiger charge is 2.29. The fourth-order valence-corrected chi connectivity index (χ4v) is 5.13. The quantitative estimate of drug-likeness (QED) is 0.468. The molecule has 8 heteroatoms. The minimum atomic E-state index is 0.325. The van der Waals surface area contributed by atoms with Crippen LogP contribution in [0.1, 0.15) is 23.9 Å². The molecule has 0 saturated carbocycles. The van der Waals surface area contributed by atoms with Crippen LogP contribution < -0.4 is 0 Å². The van der Waals surface area contributed by atoms with Gasteiger partial charge in [-0.25, -0.2) is 9.67 Å². The number of hydrogen-bond acceptors (Lipinski definition) is 6. The van der Waals surface area contributed by atoms with Gasteiger partial charge in [0.1, 0.15) is 5.01 Å². The molecule has 4 heterocycles. The Labute approximate surface area is 172 Å². The van der Waals surface area contributed by atoms with E-state index in [1.807, 2.05) is 34.5 Å². The highest BCUT2D eigenvalue weighted by Crippen LogP contribution is 2.36. The highest BCUT2D eigenvalue weighted by molar-refractivity contribution is 7.71. The van der Waals surface area contributed by atoms with Crippen LogP contribution in [0.25, 0.3) is 21.6 Å². The van der Waals surface area contributed by atoms with E-state index in [4.69, 9.17) is 22.3 Å². The molecule has 1 fully saturated rings. The lowest BCUT2D eigenvalue weighted by Crippen LogP contribution is -2.27. The van der Waals surface area contributed by atoms with E-state index in [0.29, 0.717) is 12.7 Å². The van der Waals surface area contributed by atoms with Crippen LogP contribution in [-0.2, 0) is 13.7 Å². The number of nitrogens with zero attached hydrogens (tertiary/aromatic N) is 6. The summed E-state index contributed by atoms with van der Waals surface area (Å²) in [7, 11) is 1.97. The molecule has 0 amide bonds. The van der Waals surface area contributed by atoms with E-state index in [1.54, 1.807) is 23.7 Å². The molecule has 1 aliphatic heterocycles. The first kappa shape index (κ1) is 17.7. The van der Waals surface area contributed by atoms with Crippen molar-refractivity contribution in [2.45, 2.75) is 25.6 Å². The number of thiazole rings is 1. The summed E-state index contributed by atoms with van der Waals surface area (Å²) in [5, 5.41) is 5.99. The second-order valence-electron chi connectivity index (χ2n) is 7.03. The molecule has 142 valence electrons. The molecule has 1 aliphatic rings. The van der Waals surface area contributed by atoms with Gasteiger partial charge in [0.05, 0.1) is 22.9 Å². The Morgan fingerprint density at radius 2 is 2.00 bits per heavy atom. The van der Waals surface area contributed by atoms with E-state index in [0.717, 1.165) is 41.1 Å². The predicted molar refractivity (Wildman–Crippen MR) is 114 cm³/mol. The Bertz CT molecular complexity index is 1140. The van der Waals surface area contributed by atoms with Crippen LogP contribution in [0.4, 0.5) is 0 Å². The largest absolute Gasteiger partial charge is 0.303 e. The van der Waals surface area contributed by atoms with Crippen LogP contribution in [0, 0.1) is 4.77 Å². The molecule has 0 unspecified atom stereocenters. The van der Waals surface area contributed by atoms with Crippen molar-refractivity contribution < 1.29 is 0 Å². The van der Waals surface area contributed by atoms with Crippen molar-refractivity contribution in [3.05, 3.63) is 58.6 Å². The van der Waals surface area contributed by atoms with E-state index in [1.165, 1.54) is 9.71 Å². The molecule has 0 N–H and O–H groups in total. The van der Waals surface area contributed by atoms with Crippen molar-refractivity contribution in [3.63, 3.8) is 0 Å². The molecule has 0 bridgehead atoms. The highest BCUT2D eigenvalue weighted by atomic mass is 32.1. The van der Waals surface area contributed by atoms with Crippen molar-refractivity contribution in [2.75, 3.05) is 6.54 Å². The van der Waals surface area contributed by atoms with E-state index in [9.17, 15) is 0 Å². The molecule has 0 spiro atoms. The molecule has 6 nitrogen and oxygen atoms in total. The molecular formula is C20H20N6S2. The molecule has 1 aromatic carbocycles. The number of aromatic nitrogens is 5. The summed E-state index contributed by atoms with van der Waals surface area (Å²) < 4.78 is 5.87. The zero-order valence-electron chi connectivity index (χ0n) is 15.5. The predicted octanol–water partition coefficient (Wildman–Crippen LogP) is 4.42. The van der Waals surface area contributed by atoms with E-state index < -0.39 is 0 Å². The molecule has 4 aromatic rings. The molecule has 0 aliphatic carbocycles.